The van der Waals surface area contributed by atoms with Gasteiger partial charge in [-0.2, -0.15) is 0 Å². The van der Waals surface area contributed by atoms with Crippen LogP contribution in [-0.2, 0) is 18.3 Å². The zero-order chi connectivity index (χ0) is 23.9. The molecule has 3 heterocycles. The summed E-state index contributed by atoms with van der Waals surface area (Å²) >= 11 is 1.81. The van der Waals surface area contributed by atoms with Gasteiger partial charge in [0.15, 0.2) is 0 Å². The standard InChI is InChI=1S/C26H34N4O3S/c1-29-18-27-16-25(29)34-14-4-12-30-13-10-20(23(17-30)26(31)32)6-3-5-19-9-11-28-24-8-7-21(33-2)15-22(19)24/h7-9,11,15-16,18,20,23H,3-6,10,12-14,17H2,1-2H3,(H,31,32)/t20-,23+/m1/s1. The number of nitrogens with zero attached hydrogens (tertiary/aromatic N) is 4. The Balaban J connectivity index is 1.26. The van der Waals surface area contributed by atoms with Gasteiger partial charge in [-0.1, -0.05) is 0 Å². The molecular formula is C26H34N4O3S. The number of pyridine rings is 1. The average Bonchev–Trinajstić information content (AvgIpc) is 3.26. The molecule has 1 fully saturated rings. The van der Waals surface area contributed by atoms with E-state index >= 15 is 0 Å². The van der Waals surface area contributed by atoms with Crippen molar-refractivity contribution in [3.63, 3.8) is 0 Å². The number of carboxylic acid groups (broad SMARTS) is 1. The molecule has 2 aromatic heterocycles. The average molecular weight is 483 g/mol. The van der Waals surface area contributed by atoms with E-state index in [-0.39, 0.29) is 11.8 Å². The molecule has 182 valence electrons. The second-order valence-corrected chi connectivity index (χ2v) is 10.2. The molecule has 1 aliphatic heterocycles. The topological polar surface area (TPSA) is 80.5 Å². The van der Waals surface area contributed by atoms with Crippen LogP contribution in [0, 0.1) is 11.8 Å². The number of likely N-dealkylation sites (tertiary alicyclic amines) is 1. The lowest BCUT2D eigenvalue weighted by Crippen LogP contribution is -2.44. The number of imidazole rings is 1. The Morgan fingerprint density at radius 3 is 2.94 bits per heavy atom. The molecule has 0 radical (unpaired) electrons. The summed E-state index contributed by atoms with van der Waals surface area (Å²) in [5, 5.41) is 12.2. The summed E-state index contributed by atoms with van der Waals surface area (Å²) in [6, 6.07) is 8.04. The van der Waals surface area contributed by atoms with Crippen molar-refractivity contribution in [1.82, 2.24) is 19.4 Å². The van der Waals surface area contributed by atoms with E-state index in [9.17, 15) is 9.90 Å². The molecular weight excluding hydrogens is 448 g/mol. The highest BCUT2D eigenvalue weighted by atomic mass is 32.2. The number of aryl methyl sites for hydroxylation is 2. The van der Waals surface area contributed by atoms with Crippen molar-refractivity contribution in [2.45, 2.75) is 37.1 Å². The van der Waals surface area contributed by atoms with Crippen LogP contribution in [0.2, 0.25) is 0 Å². The van der Waals surface area contributed by atoms with Crippen LogP contribution in [0.15, 0.2) is 48.0 Å². The van der Waals surface area contributed by atoms with Crippen molar-refractivity contribution in [3.8, 4) is 5.75 Å². The minimum atomic E-state index is -0.655. The van der Waals surface area contributed by atoms with E-state index in [4.69, 9.17) is 4.74 Å². The highest BCUT2D eigenvalue weighted by molar-refractivity contribution is 7.99. The number of carboxylic acids is 1. The van der Waals surface area contributed by atoms with E-state index in [0.717, 1.165) is 67.6 Å². The highest BCUT2D eigenvalue weighted by Gasteiger charge is 2.33. The molecule has 0 spiro atoms. The molecule has 1 aliphatic rings. The first-order chi connectivity index (χ1) is 16.5. The first kappa shape index (κ1) is 24.5. The quantitative estimate of drug-likeness (QED) is 0.318. The van der Waals surface area contributed by atoms with Crippen molar-refractivity contribution in [3.05, 3.63) is 48.5 Å². The number of fused-ring (bicyclic) bond motifs is 1. The molecule has 8 heteroatoms. The number of carbonyl (C=O) groups is 1. The van der Waals surface area contributed by atoms with Crippen LogP contribution < -0.4 is 4.74 Å². The molecule has 4 rings (SSSR count). The third kappa shape index (κ3) is 6.10. The maximum Gasteiger partial charge on any atom is 0.308 e. The van der Waals surface area contributed by atoms with Gasteiger partial charge in [0.2, 0.25) is 0 Å². The SMILES string of the molecule is COc1ccc2nccc(CCC[C@@H]3CCN(CCCSc4cncn4C)C[C@@H]3C(=O)O)c2c1. The summed E-state index contributed by atoms with van der Waals surface area (Å²) in [5.41, 5.74) is 2.22. The number of piperidine rings is 1. The van der Waals surface area contributed by atoms with Gasteiger partial charge < -0.3 is 19.3 Å². The fourth-order valence-electron chi connectivity index (χ4n) is 4.93. The lowest BCUT2D eigenvalue weighted by atomic mass is 9.81. The van der Waals surface area contributed by atoms with Crippen LogP contribution in [-0.4, -0.2) is 63.0 Å². The molecule has 7 nitrogen and oxygen atoms in total. The van der Waals surface area contributed by atoms with Gasteiger partial charge in [0.25, 0.3) is 0 Å². The van der Waals surface area contributed by atoms with E-state index in [1.807, 2.05) is 60.3 Å². The van der Waals surface area contributed by atoms with Crippen molar-refractivity contribution in [2.24, 2.45) is 18.9 Å². The summed E-state index contributed by atoms with van der Waals surface area (Å²) in [7, 11) is 3.68. The van der Waals surface area contributed by atoms with Gasteiger partial charge >= 0.3 is 5.97 Å². The second-order valence-electron chi connectivity index (χ2n) is 9.08. The van der Waals surface area contributed by atoms with Gasteiger partial charge in [0.05, 0.1) is 36.1 Å². The first-order valence-electron chi connectivity index (χ1n) is 12.0. The molecule has 1 saturated heterocycles. The fraction of sp³-hybridized carbons (Fsp3) is 0.500. The van der Waals surface area contributed by atoms with Gasteiger partial charge in [-0.3, -0.25) is 9.78 Å². The molecule has 1 N–H and O–H groups in total. The third-order valence-corrected chi connectivity index (χ3v) is 8.04. The van der Waals surface area contributed by atoms with Crippen LogP contribution in [0.25, 0.3) is 10.9 Å². The lowest BCUT2D eigenvalue weighted by molar-refractivity contribution is -0.146. The van der Waals surface area contributed by atoms with Gasteiger partial charge in [0, 0.05) is 30.9 Å². The Labute approximate surface area is 205 Å². The molecule has 0 unspecified atom stereocenters. The van der Waals surface area contributed by atoms with Crippen LogP contribution >= 0.6 is 11.8 Å². The highest BCUT2D eigenvalue weighted by Crippen LogP contribution is 2.30. The molecule has 1 aromatic carbocycles. The predicted octanol–water partition coefficient (Wildman–Crippen LogP) is 4.50. The van der Waals surface area contributed by atoms with E-state index < -0.39 is 5.97 Å². The molecule has 34 heavy (non-hydrogen) atoms. The summed E-state index contributed by atoms with van der Waals surface area (Å²) < 4.78 is 7.41. The molecule has 0 aliphatic carbocycles. The zero-order valence-electron chi connectivity index (χ0n) is 20.0. The normalized spacial score (nSPS) is 18.9. The Kier molecular flexibility index (Phi) is 8.45. The van der Waals surface area contributed by atoms with E-state index in [1.165, 1.54) is 10.6 Å². The molecule has 0 amide bonds. The first-order valence-corrected chi connectivity index (χ1v) is 13.0. The summed E-state index contributed by atoms with van der Waals surface area (Å²) in [6.07, 6.45) is 10.4. The van der Waals surface area contributed by atoms with Gasteiger partial charge in [-0.25, -0.2) is 4.98 Å². The number of methoxy groups -OCH3 is 1. The summed E-state index contributed by atoms with van der Waals surface area (Å²) in [5.74, 6) is 1.15. The number of rotatable bonds is 11. The maximum absolute atomic E-state index is 12.0. The van der Waals surface area contributed by atoms with Gasteiger partial charge in [-0.15, -0.1) is 11.8 Å². The minimum absolute atomic E-state index is 0.236. The van der Waals surface area contributed by atoms with E-state index in [1.54, 1.807) is 7.11 Å². The van der Waals surface area contributed by atoms with Gasteiger partial charge in [-0.05, 0) is 80.9 Å². The second kappa shape index (κ2) is 11.7. The smallest absolute Gasteiger partial charge is 0.308 e. The van der Waals surface area contributed by atoms with Crippen molar-refractivity contribution < 1.29 is 14.6 Å². The monoisotopic (exact) mass is 482 g/mol. The summed E-state index contributed by atoms with van der Waals surface area (Å²) in [6.45, 7) is 2.60. The Morgan fingerprint density at radius 1 is 1.29 bits per heavy atom. The number of aromatic nitrogens is 3. The van der Waals surface area contributed by atoms with Crippen LogP contribution in [0.5, 0.6) is 5.75 Å². The number of benzene rings is 1. The van der Waals surface area contributed by atoms with Crippen LogP contribution in [0.4, 0.5) is 0 Å². The zero-order valence-corrected chi connectivity index (χ0v) is 20.8. The third-order valence-electron chi connectivity index (χ3n) is 6.86. The molecule has 2 atom stereocenters. The van der Waals surface area contributed by atoms with Crippen molar-refractivity contribution >= 4 is 28.6 Å². The molecule has 0 bridgehead atoms. The predicted molar refractivity (Wildman–Crippen MR) is 135 cm³/mol. The van der Waals surface area contributed by atoms with Crippen molar-refractivity contribution in [1.29, 1.82) is 0 Å². The number of thioether (sulfide) groups is 1. The largest absolute Gasteiger partial charge is 0.497 e. The number of ether oxygens (including phenoxy) is 1. The Hall–Kier alpha value is -2.58. The lowest BCUT2D eigenvalue weighted by Gasteiger charge is -2.36. The van der Waals surface area contributed by atoms with Crippen LogP contribution in [0.1, 0.15) is 31.2 Å². The van der Waals surface area contributed by atoms with Crippen LogP contribution in [0.3, 0.4) is 0 Å². The molecule has 0 saturated carbocycles. The number of hydrogen-bond donors (Lipinski definition) is 1. The summed E-state index contributed by atoms with van der Waals surface area (Å²) in [4.78, 5) is 23.0. The number of hydrogen-bond acceptors (Lipinski definition) is 6. The van der Waals surface area contributed by atoms with Gasteiger partial charge in [0.1, 0.15) is 5.75 Å². The van der Waals surface area contributed by atoms with Crippen molar-refractivity contribution in [2.75, 3.05) is 32.5 Å². The maximum atomic E-state index is 12.0. The molecule has 3 aromatic rings. The Morgan fingerprint density at radius 2 is 2.18 bits per heavy atom. The van der Waals surface area contributed by atoms with E-state index in [0.29, 0.717) is 6.54 Å². The number of aliphatic carboxylic acids is 1. The Bertz CT molecular complexity index is 1100. The fourth-order valence-corrected chi connectivity index (χ4v) is 5.80. The minimum Gasteiger partial charge on any atom is -0.497 e. The van der Waals surface area contributed by atoms with E-state index in [2.05, 4.69) is 20.9 Å².